The summed E-state index contributed by atoms with van der Waals surface area (Å²) in [7, 11) is 0. The number of halogens is 5. The van der Waals surface area contributed by atoms with Gasteiger partial charge in [0.2, 0.25) is 5.91 Å². The number of hydrogen-bond acceptors (Lipinski definition) is 8. The first-order chi connectivity index (χ1) is 26.9. The van der Waals surface area contributed by atoms with E-state index in [2.05, 4.69) is 30.6 Å². The lowest BCUT2D eigenvalue weighted by Gasteiger charge is -2.28. The Hall–Kier alpha value is -6.85. The Morgan fingerprint density at radius 1 is 0.768 bits per heavy atom. The summed E-state index contributed by atoms with van der Waals surface area (Å²) in [5.41, 5.74) is 4.39. The normalized spacial score (nSPS) is 11.8. The Kier molecular flexibility index (Phi) is 10.4. The van der Waals surface area contributed by atoms with Gasteiger partial charge in [0, 0.05) is 22.9 Å². The van der Waals surface area contributed by atoms with Crippen LogP contribution < -0.4 is 11.1 Å². The average Bonchev–Trinajstić information content (AvgIpc) is 3.98. The number of nitrogens with one attached hydrogen (secondary N) is 1. The van der Waals surface area contributed by atoms with Gasteiger partial charge in [-0.05, 0) is 64.0 Å². The van der Waals surface area contributed by atoms with Crippen molar-refractivity contribution in [3.63, 3.8) is 0 Å². The summed E-state index contributed by atoms with van der Waals surface area (Å²) in [6, 6.07) is 28.0. The molecule has 0 spiro atoms. The average molecular weight is 767 g/mol. The molecule has 4 N–H and O–H groups in total. The Bertz CT molecular complexity index is 2570. The zero-order chi connectivity index (χ0) is 39.5. The van der Waals surface area contributed by atoms with Crippen LogP contribution in [0.1, 0.15) is 11.3 Å². The molecule has 0 radical (unpaired) electrons. The van der Waals surface area contributed by atoms with Gasteiger partial charge >= 0.3 is 6.18 Å². The quantitative estimate of drug-likeness (QED) is 0.111. The van der Waals surface area contributed by atoms with E-state index < -0.39 is 29.1 Å². The molecule has 0 aliphatic carbocycles. The maximum atomic E-state index is 14.1. The van der Waals surface area contributed by atoms with Gasteiger partial charge in [-0.1, -0.05) is 54.6 Å². The highest BCUT2D eigenvalue weighted by Gasteiger charge is 2.36. The minimum absolute atomic E-state index is 0.0556. The van der Waals surface area contributed by atoms with Crippen LogP contribution in [0.15, 0.2) is 128 Å². The Morgan fingerprint density at radius 3 is 2.05 bits per heavy atom. The van der Waals surface area contributed by atoms with Gasteiger partial charge in [-0.25, -0.2) is 32.8 Å². The lowest BCUT2D eigenvalue weighted by Crippen LogP contribution is -2.37. The molecule has 0 bridgehead atoms. The summed E-state index contributed by atoms with van der Waals surface area (Å²) in [4.78, 5) is 19.1. The highest BCUT2D eigenvalue weighted by molar-refractivity contribution is 6.08. The van der Waals surface area contributed by atoms with Crippen molar-refractivity contribution < 1.29 is 31.9 Å². The monoisotopic (exact) mass is 766 g/mol. The first-order valence-corrected chi connectivity index (χ1v) is 16.9. The molecule has 8 rings (SSSR count). The zero-order valence-corrected chi connectivity index (χ0v) is 29.1. The second kappa shape index (κ2) is 15.5. The van der Waals surface area contributed by atoms with Gasteiger partial charge in [-0.15, -0.1) is 0 Å². The molecule has 3 aromatic heterocycles. The van der Waals surface area contributed by atoms with E-state index in [0.717, 1.165) is 39.7 Å². The van der Waals surface area contributed by atoms with Crippen LogP contribution in [0.2, 0.25) is 0 Å². The van der Waals surface area contributed by atoms with E-state index >= 15 is 0 Å². The first-order valence-electron chi connectivity index (χ1n) is 16.9. The molecule has 1 amide bonds. The van der Waals surface area contributed by atoms with E-state index in [-0.39, 0.29) is 31.1 Å². The van der Waals surface area contributed by atoms with Crippen molar-refractivity contribution in [2.24, 2.45) is 5.73 Å². The molecule has 56 heavy (non-hydrogen) atoms. The van der Waals surface area contributed by atoms with Crippen molar-refractivity contribution in [1.29, 1.82) is 0 Å². The second-order valence-corrected chi connectivity index (χ2v) is 12.7. The van der Waals surface area contributed by atoms with Crippen LogP contribution in [0.5, 0.6) is 0 Å². The number of fused-ring (bicyclic) bond motifs is 3. The van der Waals surface area contributed by atoms with Gasteiger partial charge in [0.05, 0.1) is 31.0 Å². The van der Waals surface area contributed by atoms with Crippen molar-refractivity contribution in [3.05, 3.63) is 151 Å². The topological polar surface area (TPSA) is 155 Å². The second-order valence-electron chi connectivity index (χ2n) is 12.7. The molecule has 8 aromatic rings. The number of nitrogens with two attached hydrogens (primary N) is 1. The highest BCUT2D eigenvalue weighted by atomic mass is 19.4. The van der Waals surface area contributed by atoms with Crippen LogP contribution in [0, 0.1) is 11.6 Å². The maximum Gasteiger partial charge on any atom is 0.435 e. The molecule has 0 fully saturated rings. The number of carbonyl (C=O) groups excluding carboxylic acids is 1. The largest absolute Gasteiger partial charge is 0.435 e. The van der Waals surface area contributed by atoms with Gasteiger partial charge in [0.15, 0.2) is 5.69 Å². The van der Waals surface area contributed by atoms with E-state index in [1.807, 2.05) is 48.5 Å². The summed E-state index contributed by atoms with van der Waals surface area (Å²) in [5.74, 6) is -1.93. The van der Waals surface area contributed by atoms with Crippen molar-refractivity contribution in [3.8, 4) is 16.9 Å². The standard InChI is InChI=1S/C26H19F3N4O.C13H12F2N6O/c27-26(28,29)24-14-23(33(32-24)20-10-8-19(9-11-20)31-25(34)15-30)18-7-12-22-17(13-18)6-5-16-3-1-2-4-21(16)22;14-10-1-2-11(12(15)3-10)13(22,4-20-8-16-6-18-20)5-21-9-17-7-19-21/h1-14H,15,30H2,(H,31,34);1-3,6-9,22H,4-5H2. The first kappa shape index (κ1) is 37.5. The van der Waals surface area contributed by atoms with Crippen LogP contribution in [0.25, 0.3) is 38.5 Å². The van der Waals surface area contributed by atoms with E-state index in [4.69, 9.17) is 5.73 Å². The smallest absolute Gasteiger partial charge is 0.381 e. The van der Waals surface area contributed by atoms with Gasteiger partial charge in [0.1, 0.15) is 42.5 Å². The molecule has 17 heteroatoms. The van der Waals surface area contributed by atoms with E-state index in [1.54, 1.807) is 30.3 Å². The Morgan fingerprint density at radius 2 is 1.43 bits per heavy atom. The third-order valence-electron chi connectivity index (χ3n) is 8.83. The molecule has 0 saturated heterocycles. The molecular formula is C39H31F5N10O2. The molecule has 12 nitrogen and oxygen atoms in total. The lowest BCUT2D eigenvalue weighted by atomic mass is 9.93. The number of nitrogens with zero attached hydrogens (tertiary/aromatic N) is 8. The fourth-order valence-electron chi connectivity index (χ4n) is 6.24. The molecule has 0 aliphatic heterocycles. The lowest BCUT2D eigenvalue weighted by molar-refractivity contribution is -0.141. The van der Waals surface area contributed by atoms with Crippen molar-refractivity contribution in [2.75, 3.05) is 11.9 Å². The summed E-state index contributed by atoms with van der Waals surface area (Å²) in [5, 5.41) is 29.3. The highest BCUT2D eigenvalue weighted by Crippen LogP contribution is 2.36. The Balaban J connectivity index is 0.000000189. The van der Waals surface area contributed by atoms with Crippen LogP contribution in [-0.4, -0.2) is 56.9 Å². The van der Waals surface area contributed by atoms with E-state index in [9.17, 15) is 31.9 Å². The maximum absolute atomic E-state index is 14.1. The zero-order valence-electron chi connectivity index (χ0n) is 29.1. The van der Waals surface area contributed by atoms with Crippen LogP contribution in [0.3, 0.4) is 0 Å². The predicted molar refractivity (Wildman–Crippen MR) is 197 cm³/mol. The van der Waals surface area contributed by atoms with Crippen LogP contribution >= 0.6 is 0 Å². The molecule has 0 aliphatic rings. The van der Waals surface area contributed by atoms with Crippen molar-refractivity contribution in [1.82, 2.24) is 39.3 Å². The molecule has 5 aromatic carbocycles. The van der Waals surface area contributed by atoms with Gasteiger partial charge in [0.25, 0.3) is 0 Å². The number of benzene rings is 5. The number of hydrogen-bond donors (Lipinski definition) is 3. The fourth-order valence-corrected chi connectivity index (χ4v) is 6.24. The number of alkyl halides is 3. The van der Waals surface area contributed by atoms with Gasteiger partial charge in [-0.2, -0.15) is 28.5 Å². The number of anilines is 1. The molecule has 0 unspecified atom stereocenters. The number of aromatic nitrogens is 8. The number of carbonyl (C=O) groups is 1. The Labute approximate surface area is 314 Å². The number of rotatable bonds is 9. The minimum atomic E-state index is -4.60. The third-order valence-corrected chi connectivity index (χ3v) is 8.83. The summed E-state index contributed by atoms with van der Waals surface area (Å²) >= 11 is 0. The molecule has 3 heterocycles. The third kappa shape index (κ3) is 8.13. The van der Waals surface area contributed by atoms with Crippen LogP contribution in [0.4, 0.5) is 27.6 Å². The summed E-state index contributed by atoms with van der Waals surface area (Å²) < 4.78 is 71.9. The number of aliphatic hydroxyl groups is 1. The molecule has 0 atom stereocenters. The molecular weight excluding hydrogens is 735 g/mol. The molecule has 284 valence electrons. The van der Waals surface area contributed by atoms with E-state index in [0.29, 0.717) is 22.6 Å². The van der Waals surface area contributed by atoms with Crippen molar-refractivity contribution >= 4 is 33.1 Å². The fraction of sp³-hybridized carbons (Fsp3) is 0.128. The minimum Gasteiger partial charge on any atom is -0.381 e. The SMILES string of the molecule is NCC(=O)Nc1ccc(-n2nc(C(F)(F)F)cc2-c2ccc3c(ccc4ccccc43)c2)cc1.OC(Cn1cncn1)(Cn1cncn1)c1ccc(F)cc1F. The summed E-state index contributed by atoms with van der Waals surface area (Å²) in [6.07, 6.45) is 0.803. The summed E-state index contributed by atoms with van der Waals surface area (Å²) in [6.45, 7) is -0.317. The van der Waals surface area contributed by atoms with Crippen molar-refractivity contribution in [2.45, 2.75) is 24.9 Å². The number of amides is 1. The molecule has 0 saturated carbocycles. The predicted octanol–water partition coefficient (Wildman–Crippen LogP) is 6.50. The van der Waals surface area contributed by atoms with Gasteiger partial charge in [-0.3, -0.25) is 4.79 Å². The van der Waals surface area contributed by atoms with Crippen LogP contribution in [-0.2, 0) is 29.7 Å². The van der Waals surface area contributed by atoms with Gasteiger partial charge < -0.3 is 16.2 Å². The van der Waals surface area contributed by atoms with E-state index in [1.165, 1.54) is 45.4 Å².